The number of amides is 1. The number of nitrogens with zero attached hydrogens (tertiary/aromatic N) is 1. The number of carbonyl (C=O) groups is 1. The molecule has 2 aromatic rings. The highest BCUT2D eigenvalue weighted by Gasteiger charge is 2.12. The van der Waals surface area contributed by atoms with Gasteiger partial charge in [-0.05, 0) is 30.6 Å². The molecule has 0 bridgehead atoms. The highest BCUT2D eigenvalue weighted by atomic mass is 32.1. The second-order valence-corrected chi connectivity index (χ2v) is 3.91. The van der Waals surface area contributed by atoms with E-state index < -0.39 is 0 Å². The third-order valence-electron chi connectivity index (χ3n) is 2.07. The highest BCUT2D eigenvalue weighted by Crippen LogP contribution is 2.23. The number of hydrogen-bond donors (Lipinski definition) is 1. The molecule has 0 saturated carbocycles. The van der Waals surface area contributed by atoms with Crippen LogP contribution in [0.3, 0.4) is 0 Å². The minimum Gasteiger partial charge on any atom is -0.354 e. The summed E-state index contributed by atoms with van der Waals surface area (Å²) in [7, 11) is 1.61. The van der Waals surface area contributed by atoms with E-state index in [9.17, 15) is 4.79 Å². The number of nitrogens with one attached hydrogen (secondary N) is 1. The Hall–Kier alpha value is -1.42. The highest BCUT2D eigenvalue weighted by molar-refractivity contribution is 7.13. The molecular formula is C10H10N2OS. The van der Waals surface area contributed by atoms with Crippen molar-refractivity contribution in [3.8, 4) is 0 Å². The van der Waals surface area contributed by atoms with E-state index >= 15 is 0 Å². The van der Waals surface area contributed by atoms with Crippen LogP contribution in [0.5, 0.6) is 0 Å². The van der Waals surface area contributed by atoms with Crippen molar-refractivity contribution in [3.05, 3.63) is 29.5 Å². The topological polar surface area (TPSA) is 42.0 Å². The van der Waals surface area contributed by atoms with Gasteiger partial charge in [-0.2, -0.15) is 4.37 Å². The van der Waals surface area contributed by atoms with Crippen molar-refractivity contribution >= 4 is 27.5 Å². The van der Waals surface area contributed by atoms with E-state index in [1.807, 2.05) is 25.1 Å². The van der Waals surface area contributed by atoms with Crippen LogP contribution >= 0.6 is 11.5 Å². The zero-order chi connectivity index (χ0) is 10.1. The van der Waals surface area contributed by atoms with Crippen molar-refractivity contribution in [2.24, 2.45) is 0 Å². The molecule has 0 saturated heterocycles. The number of rotatable bonds is 1. The van der Waals surface area contributed by atoms with Gasteiger partial charge in [0.25, 0.3) is 5.91 Å². The number of aryl methyl sites for hydroxylation is 1. The maximum absolute atomic E-state index is 11.4. The molecule has 14 heavy (non-hydrogen) atoms. The fourth-order valence-corrected chi connectivity index (χ4v) is 2.09. The van der Waals surface area contributed by atoms with Gasteiger partial charge in [-0.25, -0.2) is 0 Å². The third-order valence-corrected chi connectivity index (χ3v) is 2.89. The average molecular weight is 206 g/mol. The SMILES string of the molecule is CNC(=O)c1nsc2ccc(C)cc12. The van der Waals surface area contributed by atoms with Gasteiger partial charge in [0.15, 0.2) is 0 Å². The molecule has 0 aliphatic carbocycles. The van der Waals surface area contributed by atoms with Gasteiger partial charge in [-0.1, -0.05) is 11.6 Å². The summed E-state index contributed by atoms with van der Waals surface area (Å²) < 4.78 is 5.19. The van der Waals surface area contributed by atoms with Gasteiger partial charge in [0.1, 0.15) is 5.69 Å². The van der Waals surface area contributed by atoms with Crippen LogP contribution < -0.4 is 5.32 Å². The Morgan fingerprint density at radius 3 is 3.00 bits per heavy atom. The molecule has 0 unspecified atom stereocenters. The van der Waals surface area contributed by atoms with Crippen molar-refractivity contribution in [1.29, 1.82) is 0 Å². The minimum absolute atomic E-state index is 0.123. The van der Waals surface area contributed by atoms with E-state index in [1.165, 1.54) is 11.5 Å². The Labute approximate surface area is 85.9 Å². The second-order valence-electron chi connectivity index (χ2n) is 3.11. The standard InChI is InChI=1S/C10H10N2OS/c1-6-3-4-8-7(5-6)9(12-14-8)10(13)11-2/h3-5H,1-2H3,(H,11,13). The summed E-state index contributed by atoms with van der Waals surface area (Å²) in [5.41, 5.74) is 1.67. The molecule has 0 radical (unpaired) electrons. The zero-order valence-corrected chi connectivity index (χ0v) is 8.81. The lowest BCUT2D eigenvalue weighted by molar-refractivity contribution is 0.0961. The smallest absolute Gasteiger partial charge is 0.271 e. The van der Waals surface area contributed by atoms with Crippen LogP contribution in [0.2, 0.25) is 0 Å². The lowest BCUT2D eigenvalue weighted by Crippen LogP contribution is -2.18. The molecular weight excluding hydrogens is 196 g/mol. The van der Waals surface area contributed by atoms with Crippen molar-refractivity contribution in [2.45, 2.75) is 6.92 Å². The first kappa shape index (κ1) is 9.15. The number of hydrogen-bond acceptors (Lipinski definition) is 3. The first-order chi connectivity index (χ1) is 6.72. The quantitative estimate of drug-likeness (QED) is 0.775. The normalized spacial score (nSPS) is 10.4. The summed E-state index contributed by atoms with van der Waals surface area (Å²) in [5, 5.41) is 3.52. The van der Waals surface area contributed by atoms with E-state index in [4.69, 9.17) is 0 Å². The Morgan fingerprint density at radius 2 is 2.29 bits per heavy atom. The molecule has 0 spiro atoms. The molecule has 0 aliphatic rings. The van der Waals surface area contributed by atoms with Gasteiger partial charge in [-0.15, -0.1) is 0 Å². The summed E-state index contributed by atoms with van der Waals surface area (Å²) >= 11 is 1.36. The minimum atomic E-state index is -0.123. The Morgan fingerprint density at radius 1 is 1.50 bits per heavy atom. The molecule has 72 valence electrons. The van der Waals surface area contributed by atoms with E-state index in [0.717, 1.165) is 15.6 Å². The molecule has 1 aromatic heterocycles. The van der Waals surface area contributed by atoms with Crippen LogP contribution in [0.25, 0.3) is 10.1 Å². The lowest BCUT2D eigenvalue weighted by atomic mass is 10.1. The second kappa shape index (κ2) is 3.38. The maximum atomic E-state index is 11.4. The molecule has 0 atom stereocenters. The lowest BCUT2D eigenvalue weighted by Gasteiger charge is -1.96. The maximum Gasteiger partial charge on any atom is 0.271 e. The molecule has 1 aromatic carbocycles. The van der Waals surface area contributed by atoms with Crippen LogP contribution in [0.1, 0.15) is 16.1 Å². The van der Waals surface area contributed by atoms with Crippen molar-refractivity contribution in [3.63, 3.8) is 0 Å². The van der Waals surface area contributed by atoms with Crippen LogP contribution in [0.15, 0.2) is 18.2 Å². The molecule has 2 rings (SSSR count). The molecule has 3 nitrogen and oxygen atoms in total. The summed E-state index contributed by atoms with van der Waals surface area (Å²) in [4.78, 5) is 11.4. The predicted molar refractivity (Wildman–Crippen MR) is 57.7 cm³/mol. The molecule has 1 amide bonds. The molecule has 1 heterocycles. The predicted octanol–water partition coefficient (Wildman–Crippen LogP) is 1.96. The molecule has 0 aliphatic heterocycles. The third kappa shape index (κ3) is 1.37. The zero-order valence-electron chi connectivity index (χ0n) is 8.00. The van der Waals surface area contributed by atoms with Gasteiger partial charge in [0.2, 0.25) is 0 Å². The van der Waals surface area contributed by atoms with E-state index in [0.29, 0.717) is 5.69 Å². The van der Waals surface area contributed by atoms with Crippen LogP contribution in [-0.2, 0) is 0 Å². The monoisotopic (exact) mass is 206 g/mol. The van der Waals surface area contributed by atoms with Crippen molar-refractivity contribution in [2.75, 3.05) is 7.05 Å². The summed E-state index contributed by atoms with van der Waals surface area (Å²) in [5.74, 6) is -0.123. The number of carbonyl (C=O) groups excluding carboxylic acids is 1. The van der Waals surface area contributed by atoms with Crippen LogP contribution in [0, 0.1) is 6.92 Å². The van der Waals surface area contributed by atoms with E-state index in [1.54, 1.807) is 7.05 Å². The van der Waals surface area contributed by atoms with E-state index in [-0.39, 0.29) is 5.91 Å². The summed E-state index contributed by atoms with van der Waals surface area (Å²) in [6.45, 7) is 2.00. The number of benzene rings is 1. The van der Waals surface area contributed by atoms with Gasteiger partial charge < -0.3 is 5.32 Å². The van der Waals surface area contributed by atoms with Gasteiger partial charge in [-0.3, -0.25) is 4.79 Å². The molecule has 1 N–H and O–H groups in total. The summed E-state index contributed by atoms with van der Waals surface area (Å²) in [6.07, 6.45) is 0. The summed E-state index contributed by atoms with van der Waals surface area (Å²) in [6, 6.07) is 6.01. The van der Waals surface area contributed by atoms with Gasteiger partial charge >= 0.3 is 0 Å². The van der Waals surface area contributed by atoms with Crippen molar-refractivity contribution < 1.29 is 4.79 Å². The van der Waals surface area contributed by atoms with Gasteiger partial charge in [0, 0.05) is 12.4 Å². The van der Waals surface area contributed by atoms with E-state index in [2.05, 4.69) is 9.69 Å². The van der Waals surface area contributed by atoms with Crippen LogP contribution in [0.4, 0.5) is 0 Å². The molecule has 4 heteroatoms. The van der Waals surface area contributed by atoms with Gasteiger partial charge in [0.05, 0.1) is 4.70 Å². The first-order valence-electron chi connectivity index (χ1n) is 4.30. The number of fused-ring (bicyclic) bond motifs is 1. The van der Waals surface area contributed by atoms with Crippen LogP contribution in [-0.4, -0.2) is 17.3 Å². The Balaban J connectivity index is 2.67. The Kier molecular flexibility index (Phi) is 2.21. The largest absolute Gasteiger partial charge is 0.354 e. The first-order valence-corrected chi connectivity index (χ1v) is 5.08. The van der Waals surface area contributed by atoms with Crippen molar-refractivity contribution in [1.82, 2.24) is 9.69 Å². The number of aromatic nitrogens is 1. The Bertz CT molecular complexity index is 490. The fraction of sp³-hybridized carbons (Fsp3) is 0.200. The molecule has 0 fully saturated rings. The fourth-order valence-electron chi connectivity index (χ4n) is 1.33. The average Bonchev–Trinajstić information content (AvgIpc) is 2.59.